The minimum absolute atomic E-state index is 0.300. The number of nitrogens with zero attached hydrogens (tertiary/aromatic N) is 1. The topological polar surface area (TPSA) is 50.2 Å². The van der Waals surface area contributed by atoms with Gasteiger partial charge in [-0.15, -0.1) is 11.3 Å². The van der Waals surface area contributed by atoms with E-state index in [-0.39, 0.29) is 0 Å². The molecule has 84 valence electrons. The second kappa shape index (κ2) is 3.68. The number of hydrogen-bond acceptors (Lipinski definition) is 3. The monoisotopic (exact) mass is 263 g/mol. The van der Waals surface area contributed by atoms with Crippen LogP contribution in [0, 0.1) is 0 Å². The second-order valence-electron chi connectivity index (χ2n) is 3.64. The molecule has 0 bridgehead atoms. The molecule has 0 amide bonds. The van der Waals surface area contributed by atoms with Crippen LogP contribution in [0.5, 0.6) is 0 Å². The third-order valence-electron chi connectivity index (χ3n) is 2.47. The molecule has 0 aliphatic heterocycles. The van der Waals surface area contributed by atoms with Crippen molar-refractivity contribution in [1.82, 2.24) is 4.98 Å². The Balaban J connectivity index is 2.36. The molecule has 1 aromatic carbocycles. The van der Waals surface area contributed by atoms with E-state index in [0.717, 1.165) is 21.1 Å². The number of carbonyl (C=O) groups is 1. The highest BCUT2D eigenvalue weighted by Crippen LogP contribution is 2.28. The Hall–Kier alpha value is -1.65. The molecular weight excluding hydrogens is 258 g/mol. The van der Waals surface area contributed by atoms with E-state index in [0.29, 0.717) is 9.90 Å². The normalized spacial score (nSPS) is 11.1. The van der Waals surface area contributed by atoms with Gasteiger partial charge in [-0.25, -0.2) is 9.78 Å². The SMILES string of the molecule is O=C(O)c1cc2cc3cc(Cl)ccc3nc2s1. The average molecular weight is 264 g/mol. The Morgan fingerprint density at radius 2 is 2.06 bits per heavy atom. The predicted octanol–water partition coefficient (Wildman–Crippen LogP) is 3.80. The summed E-state index contributed by atoms with van der Waals surface area (Å²) in [6.07, 6.45) is 0. The number of aromatic carboxylic acids is 1. The van der Waals surface area contributed by atoms with Crippen LogP contribution in [-0.2, 0) is 0 Å². The third kappa shape index (κ3) is 1.75. The summed E-state index contributed by atoms with van der Waals surface area (Å²) >= 11 is 7.09. The van der Waals surface area contributed by atoms with Gasteiger partial charge in [-0.3, -0.25) is 0 Å². The van der Waals surface area contributed by atoms with Crippen molar-refractivity contribution in [2.24, 2.45) is 0 Å². The van der Waals surface area contributed by atoms with Crippen molar-refractivity contribution in [3.63, 3.8) is 0 Å². The summed E-state index contributed by atoms with van der Waals surface area (Å²) in [5.41, 5.74) is 0.820. The summed E-state index contributed by atoms with van der Waals surface area (Å²) in [7, 11) is 0. The van der Waals surface area contributed by atoms with Gasteiger partial charge >= 0.3 is 5.97 Å². The number of benzene rings is 1. The molecule has 0 spiro atoms. The summed E-state index contributed by atoms with van der Waals surface area (Å²) in [5, 5.41) is 11.3. The van der Waals surface area contributed by atoms with Crippen LogP contribution in [0.3, 0.4) is 0 Å². The summed E-state index contributed by atoms with van der Waals surface area (Å²) < 4.78 is 0. The first-order valence-corrected chi connectivity index (χ1v) is 6.06. The Labute approximate surface area is 105 Å². The summed E-state index contributed by atoms with van der Waals surface area (Å²) in [4.78, 5) is 16.3. The fourth-order valence-electron chi connectivity index (χ4n) is 1.71. The quantitative estimate of drug-likeness (QED) is 0.726. The fraction of sp³-hybridized carbons (Fsp3) is 0. The van der Waals surface area contributed by atoms with Gasteiger partial charge in [-0.2, -0.15) is 0 Å². The Bertz CT molecular complexity index is 751. The van der Waals surface area contributed by atoms with Gasteiger partial charge in [-0.05, 0) is 30.3 Å². The summed E-state index contributed by atoms with van der Waals surface area (Å²) in [6.45, 7) is 0. The smallest absolute Gasteiger partial charge is 0.345 e. The third-order valence-corrected chi connectivity index (χ3v) is 3.74. The van der Waals surface area contributed by atoms with Gasteiger partial charge in [0.25, 0.3) is 0 Å². The van der Waals surface area contributed by atoms with Crippen molar-refractivity contribution in [3.8, 4) is 0 Å². The first-order valence-electron chi connectivity index (χ1n) is 4.86. The fourth-order valence-corrected chi connectivity index (χ4v) is 2.75. The number of rotatable bonds is 1. The number of carboxylic acids is 1. The van der Waals surface area contributed by atoms with Crippen LogP contribution >= 0.6 is 22.9 Å². The summed E-state index contributed by atoms with van der Waals surface area (Å²) in [5.74, 6) is -0.921. The second-order valence-corrected chi connectivity index (χ2v) is 5.10. The van der Waals surface area contributed by atoms with Crippen molar-refractivity contribution in [1.29, 1.82) is 0 Å². The van der Waals surface area contributed by atoms with E-state index in [1.165, 1.54) is 11.3 Å². The molecule has 3 rings (SSSR count). The number of thiophene rings is 1. The zero-order valence-corrected chi connectivity index (χ0v) is 10.0. The Morgan fingerprint density at radius 3 is 2.82 bits per heavy atom. The lowest BCUT2D eigenvalue weighted by Gasteiger charge is -1.97. The lowest BCUT2D eigenvalue weighted by atomic mass is 10.2. The van der Waals surface area contributed by atoms with E-state index in [9.17, 15) is 4.79 Å². The molecule has 5 heteroatoms. The zero-order valence-electron chi connectivity index (χ0n) is 8.48. The largest absolute Gasteiger partial charge is 0.477 e. The molecule has 0 unspecified atom stereocenters. The van der Waals surface area contributed by atoms with Crippen molar-refractivity contribution in [2.45, 2.75) is 0 Å². The molecule has 2 aromatic heterocycles. The molecule has 0 aliphatic rings. The first kappa shape index (κ1) is 10.5. The lowest BCUT2D eigenvalue weighted by molar-refractivity contribution is 0.0702. The zero-order chi connectivity index (χ0) is 12.0. The van der Waals surface area contributed by atoms with Crippen molar-refractivity contribution in [3.05, 3.63) is 40.2 Å². The van der Waals surface area contributed by atoms with Gasteiger partial charge in [0.15, 0.2) is 0 Å². The molecule has 0 radical (unpaired) electrons. The highest BCUT2D eigenvalue weighted by molar-refractivity contribution is 7.20. The number of fused-ring (bicyclic) bond motifs is 2. The van der Waals surface area contributed by atoms with Gasteiger partial charge < -0.3 is 5.11 Å². The first-order chi connectivity index (χ1) is 8.13. The molecule has 0 saturated carbocycles. The van der Waals surface area contributed by atoms with E-state index in [4.69, 9.17) is 16.7 Å². The molecule has 3 aromatic rings. The van der Waals surface area contributed by atoms with Gasteiger partial charge in [-0.1, -0.05) is 11.6 Å². The van der Waals surface area contributed by atoms with Gasteiger partial charge in [0.1, 0.15) is 9.71 Å². The number of halogens is 1. The van der Waals surface area contributed by atoms with Crippen LogP contribution in [-0.4, -0.2) is 16.1 Å². The lowest BCUT2D eigenvalue weighted by Crippen LogP contribution is -1.89. The standard InChI is InChI=1S/C12H6ClNO2S/c13-8-1-2-9-6(4-8)3-7-5-10(12(15)16)17-11(7)14-9/h1-5H,(H,15,16). The van der Waals surface area contributed by atoms with E-state index in [2.05, 4.69) is 4.98 Å². The molecule has 0 saturated heterocycles. The maximum atomic E-state index is 10.9. The number of pyridine rings is 1. The molecule has 2 heterocycles. The van der Waals surface area contributed by atoms with E-state index < -0.39 is 5.97 Å². The molecule has 3 nitrogen and oxygen atoms in total. The molecule has 0 aliphatic carbocycles. The number of aromatic nitrogens is 1. The van der Waals surface area contributed by atoms with Crippen LogP contribution in [0.2, 0.25) is 5.02 Å². The molecule has 17 heavy (non-hydrogen) atoms. The Morgan fingerprint density at radius 1 is 1.24 bits per heavy atom. The van der Waals surface area contributed by atoms with Crippen LogP contribution in [0.1, 0.15) is 9.67 Å². The molecule has 0 fully saturated rings. The van der Waals surface area contributed by atoms with Crippen molar-refractivity contribution >= 4 is 50.0 Å². The van der Waals surface area contributed by atoms with Crippen LogP contribution in [0.15, 0.2) is 30.3 Å². The highest BCUT2D eigenvalue weighted by Gasteiger charge is 2.10. The van der Waals surface area contributed by atoms with E-state index in [1.54, 1.807) is 12.1 Å². The minimum Gasteiger partial charge on any atom is -0.477 e. The average Bonchev–Trinajstić information content (AvgIpc) is 2.68. The molecule has 0 atom stereocenters. The summed E-state index contributed by atoms with van der Waals surface area (Å²) in [6, 6.07) is 8.97. The van der Waals surface area contributed by atoms with Crippen molar-refractivity contribution < 1.29 is 9.90 Å². The van der Waals surface area contributed by atoms with Crippen LogP contribution in [0.4, 0.5) is 0 Å². The van der Waals surface area contributed by atoms with E-state index >= 15 is 0 Å². The maximum Gasteiger partial charge on any atom is 0.345 e. The number of hydrogen-bond donors (Lipinski definition) is 1. The highest BCUT2D eigenvalue weighted by atomic mass is 35.5. The van der Waals surface area contributed by atoms with E-state index in [1.807, 2.05) is 18.2 Å². The minimum atomic E-state index is -0.921. The van der Waals surface area contributed by atoms with Gasteiger partial charge in [0.05, 0.1) is 5.52 Å². The number of carboxylic acid groups (broad SMARTS) is 1. The Kier molecular flexibility index (Phi) is 2.28. The predicted molar refractivity (Wildman–Crippen MR) is 69.1 cm³/mol. The molecule has 1 N–H and O–H groups in total. The van der Waals surface area contributed by atoms with Crippen LogP contribution in [0.25, 0.3) is 21.1 Å². The molecular formula is C12H6ClNO2S. The van der Waals surface area contributed by atoms with Gasteiger partial charge in [0, 0.05) is 15.8 Å². The van der Waals surface area contributed by atoms with Gasteiger partial charge in [0.2, 0.25) is 0 Å². The van der Waals surface area contributed by atoms with Crippen LogP contribution < -0.4 is 0 Å². The maximum absolute atomic E-state index is 10.9. The van der Waals surface area contributed by atoms with Crippen molar-refractivity contribution in [2.75, 3.05) is 0 Å².